The van der Waals surface area contributed by atoms with Crippen molar-refractivity contribution in [2.24, 2.45) is 5.41 Å². The molecule has 5 heteroatoms. The van der Waals surface area contributed by atoms with Crippen molar-refractivity contribution >= 4 is 5.82 Å². The van der Waals surface area contributed by atoms with Gasteiger partial charge in [0.25, 0.3) is 5.56 Å². The number of aliphatic hydroxyl groups is 1. The molecule has 1 aliphatic rings. The Labute approximate surface area is 107 Å². The third-order valence-corrected chi connectivity index (χ3v) is 3.65. The van der Waals surface area contributed by atoms with E-state index in [1.807, 2.05) is 13.8 Å². The lowest BCUT2D eigenvalue weighted by molar-refractivity contribution is 0.253. The zero-order valence-corrected chi connectivity index (χ0v) is 11.0. The molecule has 0 aromatic carbocycles. The van der Waals surface area contributed by atoms with E-state index in [-0.39, 0.29) is 23.6 Å². The highest BCUT2D eigenvalue weighted by molar-refractivity contribution is 5.32. The predicted molar refractivity (Wildman–Crippen MR) is 70.7 cm³/mol. The predicted octanol–water partition coefficient (Wildman–Crippen LogP) is 1.40. The Balaban J connectivity index is 2.06. The van der Waals surface area contributed by atoms with Crippen LogP contribution in [0, 0.1) is 5.41 Å². The summed E-state index contributed by atoms with van der Waals surface area (Å²) in [5.41, 5.74) is 0.105. The van der Waals surface area contributed by atoms with Crippen molar-refractivity contribution < 1.29 is 5.11 Å². The fourth-order valence-electron chi connectivity index (χ4n) is 2.15. The Hall–Kier alpha value is -1.36. The summed E-state index contributed by atoms with van der Waals surface area (Å²) in [6.45, 7) is 4.87. The lowest BCUT2D eigenvalue weighted by Gasteiger charge is -2.16. The van der Waals surface area contributed by atoms with E-state index >= 15 is 0 Å². The van der Waals surface area contributed by atoms with Crippen molar-refractivity contribution in [3.63, 3.8) is 0 Å². The average Bonchev–Trinajstić information content (AvgIpc) is 3.08. The van der Waals surface area contributed by atoms with Crippen molar-refractivity contribution in [1.29, 1.82) is 0 Å². The number of anilines is 1. The number of hydrogen-bond acceptors (Lipinski definition) is 4. The molecule has 0 amide bonds. The quantitative estimate of drug-likeness (QED) is 0.802. The summed E-state index contributed by atoms with van der Waals surface area (Å²) < 4.78 is 1.67. The molecule has 0 radical (unpaired) electrons. The molecule has 1 fully saturated rings. The maximum Gasteiger partial charge on any atom is 0.293 e. The molecule has 100 valence electrons. The summed E-state index contributed by atoms with van der Waals surface area (Å²) in [7, 11) is 0. The van der Waals surface area contributed by atoms with E-state index in [2.05, 4.69) is 10.3 Å². The Morgan fingerprint density at radius 1 is 1.56 bits per heavy atom. The Morgan fingerprint density at radius 3 is 2.83 bits per heavy atom. The van der Waals surface area contributed by atoms with Gasteiger partial charge in [0, 0.05) is 31.6 Å². The minimum Gasteiger partial charge on any atom is -0.396 e. The first-order valence-corrected chi connectivity index (χ1v) is 6.50. The maximum absolute atomic E-state index is 12.1. The second kappa shape index (κ2) is 5.10. The van der Waals surface area contributed by atoms with Gasteiger partial charge in [0.05, 0.1) is 0 Å². The minimum absolute atomic E-state index is 0.0766. The van der Waals surface area contributed by atoms with Crippen LogP contribution >= 0.6 is 0 Å². The second-order valence-corrected chi connectivity index (χ2v) is 5.41. The largest absolute Gasteiger partial charge is 0.396 e. The summed E-state index contributed by atoms with van der Waals surface area (Å²) in [5.74, 6) is 0.412. The van der Waals surface area contributed by atoms with Gasteiger partial charge in [-0.3, -0.25) is 4.79 Å². The van der Waals surface area contributed by atoms with Crippen LogP contribution in [0.15, 0.2) is 17.2 Å². The highest BCUT2D eigenvalue weighted by Crippen LogP contribution is 2.48. The molecule has 1 saturated carbocycles. The van der Waals surface area contributed by atoms with Crippen LogP contribution in [0.2, 0.25) is 0 Å². The Bertz CT molecular complexity index is 464. The smallest absolute Gasteiger partial charge is 0.293 e. The van der Waals surface area contributed by atoms with Crippen molar-refractivity contribution in [3.8, 4) is 0 Å². The topological polar surface area (TPSA) is 67.2 Å². The van der Waals surface area contributed by atoms with E-state index in [4.69, 9.17) is 5.11 Å². The van der Waals surface area contributed by atoms with Gasteiger partial charge in [0.15, 0.2) is 5.82 Å². The van der Waals surface area contributed by atoms with Crippen LogP contribution in [0.4, 0.5) is 5.82 Å². The summed E-state index contributed by atoms with van der Waals surface area (Å²) in [6, 6.07) is 0.133. The fraction of sp³-hybridized carbons (Fsp3) is 0.692. The van der Waals surface area contributed by atoms with Gasteiger partial charge in [0.2, 0.25) is 0 Å². The van der Waals surface area contributed by atoms with E-state index in [9.17, 15) is 4.79 Å². The first-order chi connectivity index (χ1) is 8.58. The molecule has 5 nitrogen and oxygen atoms in total. The molecule has 1 aromatic heterocycles. The fourth-order valence-corrected chi connectivity index (χ4v) is 2.15. The number of rotatable bonds is 6. The molecule has 1 aromatic rings. The third-order valence-electron chi connectivity index (χ3n) is 3.65. The SMILES string of the molecule is CC(C)n1ccnc(NCC2(CCO)CC2)c1=O. The van der Waals surface area contributed by atoms with Crippen molar-refractivity contribution in [2.75, 3.05) is 18.5 Å². The van der Waals surface area contributed by atoms with Crippen LogP contribution in [0.25, 0.3) is 0 Å². The molecule has 18 heavy (non-hydrogen) atoms. The number of aliphatic hydroxyl groups excluding tert-OH is 1. The molecule has 1 aliphatic carbocycles. The van der Waals surface area contributed by atoms with Crippen LogP contribution in [0.3, 0.4) is 0 Å². The molecular weight excluding hydrogens is 230 g/mol. The number of nitrogens with zero attached hydrogens (tertiary/aromatic N) is 2. The molecular formula is C13H21N3O2. The lowest BCUT2D eigenvalue weighted by Crippen LogP contribution is -2.28. The minimum atomic E-state index is -0.0766. The highest BCUT2D eigenvalue weighted by Gasteiger charge is 2.41. The van der Waals surface area contributed by atoms with E-state index in [1.165, 1.54) is 0 Å². The van der Waals surface area contributed by atoms with Gasteiger partial charge in [0.1, 0.15) is 0 Å². The average molecular weight is 251 g/mol. The molecule has 0 bridgehead atoms. The molecule has 0 aliphatic heterocycles. The number of aromatic nitrogens is 2. The first-order valence-electron chi connectivity index (χ1n) is 6.50. The number of hydrogen-bond donors (Lipinski definition) is 2. The summed E-state index contributed by atoms with van der Waals surface area (Å²) in [6.07, 6.45) is 6.39. The lowest BCUT2D eigenvalue weighted by atomic mass is 10.0. The maximum atomic E-state index is 12.1. The first kappa shape index (κ1) is 13.1. The van der Waals surface area contributed by atoms with Gasteiger partial charge < -0.3 is 15.0 Å². The summed E-state index contributed by atoms with van der Waals surface area (Å²) >= 11 is 0. The van der Waals surface area contributed by atoms with E-state index < -0.39 is 0 Å². The number of nitrogens with one attached hydrogen (secondary N) is 1. The molecule has 0 atom stereocenters. The van der Waals surface area contributed by atoms with Gasteiger partial charge in [-0.1, -0.05) is 0 Å². The summed E-state index contributed by atoms with van der Waals surface area (Å²) in [5, 5.41) is 12.1. The Kier molecular flexibility index (Phi) is 3.71. The monoisotopic (exact) mass is 251 g/mol. The standard InChI is InChI=1S/C13H21N3O2/c1-10(2)16-7-6-14-11(12(16)18)15-9-13(3-4-13)5-8-17/h6-7,10,17H,3-5,8-9H2,1-2H3,(H,14,15). The van der Waals surface area contributed by atoms with Crippen LogP contribution < -0.4 is 10.9 Å². The van der Waals surface area contributed by atoms with Crippen LogP contribution in [0.5, 0.6) is 0 Å². The highest BCUT2D eigenvalue weighted by atomic mass is 16.3. The van der Waals surface area contributed by atoms with E-state index in [1.54, 1.807) is 17.0 Å². The third kappa shape index (κ3) is 2.72. The molecule has 1 heterocycles. The van der Waals surface area contributed by atoms with Gasteiger partial charge in [-0.05, 0) is 38.5 Å². The molecule has 2 rings (SSSR count). The molecule has 0 saturated heterocycles. The van der Waals surface area contributed by atoms with Crippen LogP contribution in [0.1, 0.15) is 39.2 Å². The van der Waals surface area contributed by atoms with Gasteiger partial charge in [-0.2, -0.15) is 0 Å². The van der Waals surface area contributed by atoms with E-state index in [0.29, 0.717) is 5.82 Å². The molecule has 0 unspecified atom stereocenters. The molecule has 2 N–H and O–H groups in total. The van der Waals surface area contributed by atoms with Crippen LogP contribution in [-0.4, -0.2) is 27.8 Å². The second-order valence-electron chi connectivity index (χ2n) is 5.41. The van der Waals surface area contributed by atoms with Gasteiger partial charge in [-0.25, -0.2) is 4.98 Å². The Morgan fingerprint density at radius 2 is 2.28 bits per heavy atom. The van der Waals surface area contributed by atoms with Crippen molar-refractivity contribution in [1.82, 2.24) is 9.55 Å². The van der Waals surface area contributed by atoms with Gasteiger partial charge >= 0.3 is 0 Å². The van der Waals surface area contributed by atoms with Crippen molar-refractivity contribution in [3.05, 3.63) is 22.7 Å². The van der Waals surface area contributed by atoms with Crippen LogP contribution in [-0.2, 0) is 0 Å². The van der Waals surface area contributed by atoms with Gasteiger partial charge in [-0.15, -0.1) is 0 Å². The zero-order valence-electron chi connectivity index (χ0n) is 11.0. The summed E-state index contributed by atoms with van der Waals surface area (Å²) in [4.78, 5) is 16.2. The zero-order chi connectivity index (χ0) is 13.2. The molecule has 0 spiro atoms. The normalized spacial score (nSPS) is 16.9. The van der Waals surface area contributed by atoms with Crippen molar-refractivity contribution in [2.45, 2.75) is 39.2 Å². The van der Waals surface area contributed by atoms with E-state index in [0.717, 1.165) is 25.8 Å².